The number of hydrogen-bond donors (Lipinski definition) is 2. The van der Waals surface area contributed by atoms with Crippen molar-refractivity contribution < 1.29 is 36.2 Å². The van der Waals surface area contributed by atoms with Crippen LogP contribution < -0.4 is 10.2 Å². The molecule has 0 bridgehead atoms. The fraction of sp³-hybridized carbons (Fsp3) is 0.304. The van der Waals surface area contributed by atoms with E-state index in [1.54, 1.807) is 6.92 Å². The number of aliphatic hydroxyl groups excluding tert-OH is 1. The summed E-state index contributed by atoms with van der Waals surface area (Å²) < 4.78 is 70.3. The van der Waals surface area contributed by atoms with E-state index in [9.17, 15) is 36.8 Å². The number of alkyl halides is 4. The van der Waals surface area contributed by atoms with Crippen molar-refractivity contribution in [3.63, 3.8) is 0 Å². The lowest BCUT2D eigenvalue weighted by Crippen LogP contribution is -2.53. The van der Waals surface area contributed by atoms with E-state index < -0.39 is 39.9 Å². The van der Waals surface area contributed by atoms with Crippen molar-refractivity contribution in [1.82, 2.24) is 5.32 Å². The van der Waals surface area contributed by atoms with Crippen LogP contribution in [0.3, 0.4) is 0 Å². The third-order valence-electron chi connectivity index (χ3n) is 5.38. The van der Waals surface area contributed by atoms with Crippen molar-refractivity contribution in [2.45, 2.75) is 30.4 Å². The molecular weight excluding hydrogens is 567 g/mol. The monoisotopic (exact) mass is 587 g/mol. The van der Waals surface area contributed by atoms with Gasteiger partial charge in [0.1, 0.15) is 0 Å². The van der Waals surface area contributed by atoms with Crippen molar-refractivity contribution >= 4 is 37.4 Å². The second kappa shape index (κ2) is 10.6. The lowest BCUT2D eigenvalue weighted by molar-refractivity contribution is -0.139. The van der Waals surface area contributed by atoms with Crippen LogP contribution >= 0.6 is 15.9 Å². The number of halogens is 4. The number of nitriles is 1. The van der Waals surface area contributed by atoms with Crippen LogP contribution in [0.2, 0.25) is 0 Å². The van der Waals surface area contributed by atoms with Gasteiger partial charge in [-0.15, -0.1) is 0 Å². The molecule has 0 radical (unpaired) electrons. The molecule has 2 unspecified atom stereocenters. The minimum Gasteiger partial charge on any atom is -0.463 e. The second-order valence-electron chi connectivity index (χ2n) is 7.74. The Morgan fingerprint density at radius 1 is 1.28 bits per heavy atom. The lowest BCUT2D eigenvalue weighted by Gasteiger charge is -2.41. The summed E-state index contributed by atoms with van der Waals surface area (Å²) in [5, 5.41) is 22.8. The first-order chi connectivity index (χ1) is 16.8. The summed E-state index contributed by atoms with van der Waals surface area (Å²) in [6.07, 6.45) is -5.38. The Morgan fingerprint density at radius 3 is 2.53 bits per heavy atom. The molecular formula is C23H21BrF3N3O5S. The fourth-order valence-electron chi connectivity index (χ4n) is 3.87. The average Bonchev–Trinajstić information content (AvgIpc) is 2.81. The Hall–Kier alpha value is -2.92. The van der Waals surface area contributed by atoms with Gasteiger partial charge in [0.15, 0.2) is 16.2 Å². The molecule has 0 saturated carbocycles. The molecule has 192 valence electrons. The lowest BCUT2D eigenvalue weighted by atomic mass is 9.93. The number of nitrogens with zero attached hydrogens (tertiary/aromatic N) is 2. The van der Waals surface area contributed by atoms with Gasteiger partial charge < -0.3 is 14.7 Å². The van der Waals surface area contributed by atoms with Gasteiger partial charge in [0, 0.05) is 23.0 Å². The van der Waals surface area contributed by atoms with E-state index in [1.807, 2.05) is 6.07 Å². The predicted octanol–water partition coefficient (Wildman–Crippen LogP) is 3.62. The molecule has 0 aromatic heterocycles. The first-order valence-corrected chi connectivity index (χ1v) is 13.5. The summed E-state index contributed by atoms with van der Waals surface area (Å²) in [6.45, 7) is 1.52. The third-order valence-corrected chi connectivity index (χ3v) is 7.06. The number of sulfone groups is 1. The molecule has 1 aliphatic heterocycles. The SMILES string of the molecule is CCOC(=O)C1=C(CBr)N(c2cccc(C(F)(F)F)c2)C(O)NC1c1ccc(C#N)cc1S(C)(=O)=O. The van der Waals surface area contributed by atoms with E-state index in [2.05, 4.69) is 21.2 Å². The maximum Gasteiger partial charge on any atom is 0.416 e. The number of ether oxygens (including phenoxy) is 1. The number of aliphatic hydroxyl groups is 1. The summed E-state index contributed by atoms with van der Waals surface area (Å²) in [5.41, 5.74) is -0.974. The minimum absolute atomic E-state index is 0.0387. The van der Waals surface area contributed by atoms with Crippen molar-refractivity contribution in [3.8, 4) is 6.07 Å². The van der Waals surface area contributed by atoms with Crippen LogP contribution in [0.4, 0.5) is 18.9 Å². The maximum absolute atomic E-state index is 13.3. The number of allylic oxidation sites excluding steroid dienone is 1. The number of carbonyl (C=O) groups excluding carboxylic acids is 1. The molecule has 2 aromatic rings. The zero-order valence-corrected chi connectivity index (χ0v) is 21.4. The van der Waals surface area contributed by atoms with Crippen LogP contribution in [0, 0.1) is 11.3 Å². The first kappa shape index (κ1) is 27.7. The molecule has 1 aliphatic rings. The Balaban J connectivity index is 2.30. The highest BCUT2D eigenvalue weighted by Gasteiger charge is 2.41. The average molecular weight is 588 g/mol. The Labute approximate surface area is 214 Å². The quantitative estimate of drug-likeness (QED) is 0.388. The number of anilines is 1. The summed E-state index contributed by atoms with van der Waals surface area (Å²) in [6, 6.07) is 8.64. The number of hydrogen-bond acceptors (Lipinski definition) is 8. The normalized spacial score (nSPS) is 18.7. The van der Waals surface area contributed by atoms with Gasteiger partial charge in [0.2, 0.25) is 0 Å². The van der Waals surface area contributed by atoms with Crippen LogP contribution in [0.1, 0.15) is 29.7 Å². The largest absolute Gasteiger partial charge is 0.463 e. The molecule has 2 aromatic carbocycles. The van der Waals surface area contributed by atoms with Gasteiger partial charge in [-0.3, -0.25) is 5.32 Å². The van der Waals surface area contributed by atoms with Crippen LogP contribution in [-0.2, 0) is 25.5 Å². The number of benzene rings is 2. The smallest absolute Gasteiger partial charge is 0.416 e. The van der Waals surface area contributed by atoms with Crippen LogP contribution in [-0.4, -0.2) is 44.0 Å². The van der Waals surface area contributed by atoms with Gasteiger partial charge in [0.05, 0.1) is 40.3 Å². The van der Waals surface area contributed by atoms with Crippen molar-refractivity contribution in [3.05, 3.63) is 70.4 Å². The summed E-state index contributed by atoms with van der Waals surface area (Å²) in [4.78, 5) is 14.0. The molecule has 0 aliphatic carbocycles. The number of rotatable bonds is 6. The molecule has 2 N–H and O–H groups in total. The van der Waals surface area contributed by atoms with Crippen molar-refractivity contribution in [2.75, 3.05) is 23.1 Å². The molecule has 0 spiro atoms. The van der Waals surface area contributed by atoms with Gasteiger partial charge >= 0.3 is 12.1 Å². The van der Waals surface area contributed by atoms with Crippen molar-refractivity contribution in [2.24, 2.45) is 0 Å². The van der Waals surface area contributed by atoms with Gasteiger partial charge in [0.25, 0.3) is 0 Å². The molecule has 2 atom stereocenters. The van der Waals surface area contributed by atoms with Gasteiger partial charge in [-0.2, -0.15) is 18.4 Å². The van der Waals surface area contributed by atoms with Crippen LogP contribution in [0.25, 0.3) is 0 Å². The topological polar surface area (TPSA) is 120 Å². The van der Waals surface area contributed by atoms with Crippen LogP contribution in [0.5, 0.6) is 0 Å². The van der Waals surface area contributed by atoms with E-state index in [1.165, 1.54) is 18.2 Å². The summed E-state index contributed by atoms with van der Waals surface area (Å²) in [5.74, 6) is -0.864. The van der Waals surface area contributed by atoms with Gasteiger partial charge in [-0.1, -0.05) is 28.1 Å². The van der Waals surface area contributed by atoms with E-state index in [0.717, 1.165) is 35.4 Å². The Kier molecular flexibility index (Phi) is 8.14. The first-order valence-electron chi connectivity index (χ1n) is 10.4. The second-order valence-corrected chi connectivity index (χ2v) is 10.3. The van der Waals surface area contributed by atoms with E-state index >= 15 is 0 Å². The molecule has 0 amide bonds. The third kappa shape index (κ3) is 5.57. The van der Waals surface area contributed by atoms with Gasteiger partial charge in [-0.05, 0) is 42.8 Å². The molecule has 0 fully saturated rings. The number of nitrogens with one attached hydrogen (secondary N) is 1. The maximum atomic E-state index is 13.3. The molecule has 0 saturated heterocycles. The van der Waals surface area contributed by atoms with E-state index in [4.69, 9.17) is 4.74 Å². The fourth-order valence-corrected chi connectivity index (χ4v) is 5.40. The Morgan fingerprint density at radius 2 is 1.97 bits per heavy atom. The molecule has 8 nitrogen and oxygen atoms in total. The van der Waals surface area contributed by atoms with Crippen LogP contribution in [0.15, 0.2) is 58.6 Å². The number of carbonyl (C=O) groups is 1. The Bertz CT molecular complexity index is 1360. The predicted molar refractivity (Wildman–Crippen MR) is 128 cm³/mol. The molecule has 1 heterocycles. The highest BCUT2D eigenvalue weighted by atomic mass is 79.9. The van der Waals surface area contributed by atoms with Gasteiger partial charge in [-0.25, -0.2) is 13.2 Å². The highest BCUT2D eigenvalue weighted by Crippen LogP contribution is 2.40. The summed E-state index contributed by atoms with van der Waals surface area (Å²) >= 11 is 3.25. The highest BCUT2D eigenvalue weighted by molar-refractivity contribution is 9.09. The zero-order valence-electron chi connectivity index (χ0n) is 19.0. The van der Waals surface area contributed by atoms with Crippen molar-refractivity contribution in [1.29, 1.82) is 5.26 Å². The summed E-state index contributed by atoms with van der Waals surface area (Å²) in [7, 11) is -3.90. The standard InChI is InChI=1S/C23H21BrF3N3O5S/c1-3-35-21(31)19-17(11-24)30(15-6-4-5-14(10-15)23(25,26)27)22(32)29-20(19)16-8-7-13(12-28)9-18(16)36(2,33)34/h4-10,20,22,29,32H,3,11H2,1-2H3. The zero-order chi connectivity index (χ0) is 26.8. The minimum atomic E-state index is -4.65. The van der Waals surface area contributed by atoms with E-state index in [-0.39, 0.29) is 44.9 Å². The molecule has 13 heteroatoms. The molecule has 3 rings (SSSR count). The number of esters is 1. The van der Waals surface area contributed by atoms with E-state index in [0.29, 0.717) is 0 Å². The molecule has 36 heavy (non-hydrogen) atoms.